The first-order valence-corrected chi connectivity index (χ1v) is 18.3. The molecule has 11 aromatic rings. The van der Waals surface area contributed by atoms with Gasteiger partial charge in [0.1, 0.15) is 0 Å². The Bertz CT molecular complexity index is 3140. The van der Waals surface area contributed by atoms with Crippen molar-refractivity contribution in [1.82, 2.24) is 19.1 Å². The highest BCUT2D eigenvalue weighted by atomic mass is 15.2. The molecule has 0 aliphatic rings. The number of para-hydroxylation sites is 3. The molecule has 11 rings (SSSR count). The summed E-state index contributed by atoms with van der Waals surface area (Å²) in [5.74, 6) is 0.653. The predicted molar refractivity (Wildman–Crippen MR) is 225 cm³/mol. The van der Waals surface area contributed by atoms with Gasteiger partial charge in [0.2, 0.25) is 5.95 Å². The van der Waals surface area contributed by atoms with Crippen LogP contribution in [0.5, 0.6) is 0 Å². The van der Waals surface area contributed by atoms with Crippen LogP contribution in [0.15, 0.2) is 194 Å². The Morgan fingerprint density at radius 1 is 0.333 bits per heavy atom. The molecule has 3 heterocycles. The van der Waals surface area contributed by atoms with Gasteiger partial charge in [-0.3, -0.25) is 4.57 Å². The number of rotatable bonds is 5. The van der Waals surface area contributed by atoms with E-state index in [4.69, 9.17) is 9.97 Å². The first-order chi connectivity index (χ1) is 26.8. The van der Waals surface area contributed by atoms with Gasteiger partial charge in [-0.15, -0.1) is 0 Å². The first-order valence-electron chi connectivity index (χ1n) is 18.3. The maximum atomic E-state index is 5.40. The van der Waals surface area contributed by atoms with Crippen molar-refractivity contribution in [3.8, 4) is 45.1 Å². The van der Waals surface area contributed by atoms with Gasteiger partial charge >= 0.3 is 0 Å². The molecular weight excluding hydrogens is 657 g/mol. The maximum Gasteiger partial charge on any atom is 0.235 e. The third kappa shape index (κ3) is 4.70. The average molecular weight is 689 g/mol. The van der Waals surface area contributed by atoms with E-state index in [9.17, 15) is 0 Å². The Morgan fingerprint density at radius 2 is 0.870 bits per heavy atom. The van der Waals surface area contributed by atoms with Crippen LogP contribution in [0.1, 0.15) is 0 Å². The molecule has 4 heteroatoms. The Kier molecular flexibility index (Phi) is 6.82. The largest absolute Gasteiger partial charge is 0.309 e. The molecule has 0 radical (unpaired) electrons. The minimum Gasteiger partial charge on any atom is -0.309 e. The normalized spacial score (nSPS) is 11.7. The van der Waals surface area contributed by atoms with Crippen molar-refractivity contribution in [1.29, 1.82) is 0 Å². The quantitative estimate of drug-likeness (QED) is 0.180. The van der Waals surface area contributed by atoms with Crippen molar-refractivity contribution in [2.24, 2.45) is 0 Å². The van der Waals surface area contributed by atoms with Crippen molar-refractivity contribution in [3.05, 3.63) is 194 Å². The molecule has 0 spiro atoms. The number of hydrogen-bond donors (Lipinski definition) is 0. The van der Waals surface area contributed by atoms with Gasteiger partial charge in [0.15, 0.2) is 0 Å². The second-order valence-corrected chi connectivity index (χ2v) is 13.8. The van der Waals surface area contributed by atoms with E-state index >= 15 is 0 Å². The first kappa shape index (κ1) is 30.3. The fraction of sp³-hybridized carbons (Fsp3) is 0. The molecule has 4 nitrogen and oxygen atoms in total. The van der Waals surface area contributed by atoms with E-state index in [2.05, 4.69) is 197 Å². The summed E-state index contributed by atoms with van der Waals surface area (Å²) >= 11 is 0. The molecule has 3 aromatic heterocycles. The van der Waals surface area contributed by atoms with Gasteiger partial charge in [-0.2, -0.15) is 0 Å². The standard InChI is InChI=1S/C50H32N4/c1-4-16-33(17-5-1)36-30-37(34-18-6-2-7-19-34)32-38(31-36)53-45-27-15-12-24-42(45)47-46(53)29-28-40-39-22-11-14-26-44(39)54(49(40)47)50-51-43-25-13-10-23-41(43)48(52-50)35-20-8-3-9-21-35/h1-32H. The zero-order chi connectivity index (χ0) is 35.6. The monoisotopic (exact) mass is 688 g/mol. The molecule has 0 saturated carbocycles. The van der Waals surface area contributed by atoms with Crippen LogP contribution in [-0.2, 0) is 0 Å². The Balaban J connectivity index is 1.26. The van der Waals surface area contributed by atoms with Crippen molar-refractivity contribution < 1.29 is 0 Å². The fourth-order valence-corrected chi connectivity index (χ4v) is 8.31. The summed E-state index contributed by atoms with van der Waals surface area (Å²) in [6.07, 6.45) is 0. The second kappa shape index (κ2) is 12.1. The van der Waals surface area contributed by atoms with E-state index < -0.39 is 0 Å². The lowest BCUT2D eigenvalue weighted by molar-refractivity contribution is 1.02. The summed E-state index contributed by atoms with van der Waals surface area (Å²) < 4.78 is 4.72. The van der Waals surface area contributed by atoms with Crippen LogP contribution in [-0.4, -0.2) is 19.1 Å². The lowest BCUT2D eigenvalue weighted by Crippen LogP contribution is -2.03. The van der Waals surface area contributed by atoms with Crippen LogP contribution in [0.2, 0.25) is 0 Å². The summed E-state index contributed by atoms with van der Waals surface area (Å²) in [5.41, 5.74) is 13.2. The molecule has 0 atom stereocenters. The third-order valence-electron chi connectivity index (χ3n) is 10.7. The van der Waals surface area contributed by atoms with Crippen LogP contribution in [0, 0.1) is 0 Å². The minimum atomic E-state index is 0.653. The molecule has 8 aromatic carbocycles. The molecule has 0 aliphatic carbocycles. The zero-order valence-corrected chi connectivity index (χ0v) is 29.3. The lowest BCUT2D eigenvalue weighted by Gasteiger charge is -2.14. The molecule has 0 unspecified atom stereocenters. The number of nitrogens with zero attached hydrogens (tertiary/aromatic N) is 4. The molecule has 0 aliphatic heterocycles. The van der Waals surface area contributed by atoms with Crippen LogP contribution < -0.4 is 0 Å². The highest BCUT2D eigenvalue weighted by Crippen LogP contribution is 2.43. The van der Waals surface area contributed by atoms with Crippen LogP contribution in [0.25, 0.3) is 99.7 Å². The molecule has 0 saturated heterocycles. The van der Waals surface area contributed by atoms with Crippen molar-refractivity contribution in [2.75, 3.05) is 0 Å². The molecule has 0 N–H and O–H groups in total. The lowest BCUT2D eigenvalue weighted by atomic mass is 9.98. The number of fused-ring (bicyclic) bond motifs is 8. The van der Waals surface area contributed by atoms with Gasteiger partial charge in [0.25, 0.3) is 0 Å². The maximum absolute atomic E-state index is 5.40. The second-order valence-electron chi connectivity index (χ2n) is 13.8. The van der Waals surface area contributed by atoms with Crippen molar-refractivity contribution in [3.63, 3.8) is 0 Å². The third-order valence-corrected chi connectivity index (χ3v) is 10.7. The van der Waals surface area contributed by atoms with Gasteiger partial charge in [-0.25, -0.2) is 9.97 Å². The number of aromatic nitrogens is 4. The van der Waals surface area contributed by atoms with E-state index in [0.717, 1.165) is 49.9 Å². The van der Waals surface area contributed by atoms with Gasteiger partial charge in [-0.05, 0) is 64.7 Å². The van der Waals surface area contributed by atoms with E-state index in [0.29, 0.717) is 5.95 Å². The molecule has 54 heavy (non-hydrogen) atoms. The summed E-state index contributed by atoms with van der Waals surface area (Å²) in [7, 11) is 0. The number of benzene rings is 8. The summed E-state index contributed by atoms with van der Waals surface area (Å²) in [6.45, 7) is 0. The van der Waals surface area contributed by atoms with Crippen LogP contribution in [0.3, 0.4) is 0 Å². The predicted octanol–water partition coefficient (Wildman–Crippen LogP) is 12.8. The van der Waals surface area contributed by atoms with Crippen LogP contribution >= 0.6 is 0 Å². The highest BCUT2D eigenvalue weighted by Gasteiger charge is 2.23. The zero-order valence-electron chi connectivity index (χ0n) is 29.3. The molecular formula is C50H32N4. The molecule has 252 valence electrons. The SMILES string of the molecule is c1ccc(-c2cc(-c3ccccc3)cc(-n3c4ccccc4c4c3ccc3c5ccccc5n(-c5nc(-c6ccccc6)c6ccccc6n5)c34)c2)cc1. The van der Waals surface area contributed by atoms with Gasteiger partial charge in [-0.1, -0.05) is 152 Å². The van der Waals surface area contributed by atoms with Crippen LogP contribution in [0.4, 0.5) is 0 Å². The molecule has 0 bridgehead atoms. The number of hydrogen-bond acceptors (Lipinski definition) is 2. The Hall–Kier alpha value is -7.30. The van der Waals surface area contributed by atoms with Gasteiger partial charge in [0, 0.05) is 38.2 Å². The van der Waals surface area contributed by atoms with E-state index in [1.54, 1.807) is 0 Å². The highest BCUT2D eigenvalue weighted by molar-refractivity contribution is 6.26. The molecule has 0 amide bonds. The summed E-state index contributed by atoms with van der Waals surface area (Å²) in [6, 6.07) is 69.1. The van der Waals surface area contributed by atoms with E-state index in [-0.39, 0.29) is 0 Å². The Labute approximate surface area is 311 Å². The van der Waals surface area contributed by atoms with E-state index in [1.165, 1.54) is 43.8 Å². The van der Waals surface area contributed by atoms with Crippen molar-refractivity contribution >= 4 is 54.5 Å². The summed E-state index contributed by atoms with van der Waals surface area (Å²) in [4.78, 5) is 10.7. The topological polar surface area (TPSA) is 35.6 Å². The van der Waals surface area contributed by atoms with Gasteiger partial charge < -0.3 is 4.57 Å². The molecule has 0 fully saturated rings. The smallest absolute Gasteiger partial charge is 0.235 e. The fourth-order valence-electron chi connectivity index (χ4n) is 8.31. The summed E-state index contributed by atoms with van der Waals surface area (Å²) in [5, 5.41) is 5.72. The van der Waals surface area contributed by atoms with Crippen molar-refractivity contribution in [2.45, 2.75) is 0 Å². The minimum absolute atomic E-state index is 0.653. The average Bonchev–Trinajstić information content (AvgIpc) is 3.77. The Morgan fingerprint density at radius 3 is 1.54 bits per heavy atom. The van der Waals surface area contributed by atoms with Gasteiger partial charge in [0.05, 0.1) is 33.3 Å². The van der Waals surface area contributed by atoms with E-state index in [1.807, 2.05) is 6.07 Å².